The highest BCUT2D eigenvalue weighted by Crippen LogP contribution is 2.28. The Hall–Kier alpha value is -1.30. The molecular weight excluding hydrogens is 339 g/mol. The molecule has 2 fully saturated rings. The van der Waals surface area contributed by atoms with Crippen molar-refractivity contribution < 1.29 is 14.7 Å². The smallest absolute Gasteiger partial charge is 0.306 e. The van der Waals surface area contributed by atoms with Gasteiger partial charge < -0.3 is 10.0 Å². The Bertz CT molecular complexity index is 571. The minimum atomic E-state index is -0.722. The number of nitrogens with zero attached hydrogens (tertiary/aromatic N) is 2. The summed E-state index contributed by atoms with van der Waals surface area (Å²) in [5.41, 5.74) is 0.873. The summed E-state index contributed by atoms with van der Waals surface area (Å²) in [7, 11) is 0. The molecule has 5 nitrogen and oxygen atoms in total. The van der Waals surface area contributed by atoms with E-state index in [-0.39, 0.29) is 30.3 Å². The highest BCUT2D eigenvalue weighted by atomic mass is 35.5. The van der Waals surface area contributed by atoms with Crippen molar-refractivity contribution in [2.24, 2.45) is 5.92 Å². The van der Waals surface area contributed by atoms with Crippen LogP contribution < -0.4 is 4.90 Å². The Morgan fingerprint density at radius 3 is 2.26 bits per heavy atom. The fourth-order valence-electron chi connectivity index (χ4n) is 3.34. The molecule has 3 rings (SSSR count). The standard InChI is InChI=1S/C16H19ClN2O3.ClH/c17-12-1-3-13(4-2-12)19-10-7-14(15(19)20)18-8-5-11(6-9-18)16(21)22;/h1-4,11,14H,5-10H2,(H,21,22);1H. The number of piperidine rings is 1. The van der Waals surface area contributed by atoms with Crippen LogP contribution in [0.15, 0.2) is 24.3 Å². The average molecular weight is 359 g/mol. The Morgan fingerprint density at radius 1 is 1.09 bits per heavy atom. The van der Waals surface area contributed by atoms with Gasteiger partial charge >= 0.3 is 5.97 Å². The molecule has 1 aromatic rings. The fraction of sp³-hybridized carbons (Fsp3) is 0.500. The number of halogens is 2. The van der Waals surface area contributed by atoms with Crippen LogP contribution >= 0.6 is 24.0 Å². The Morgan fingerprint density at radius 2 is 1.70 bits per heavy atom. The monoisotopic (exact) mass is 358 g/mol. The van der Waals surface area contributed by atoms with E-state index in [0.29, 0.717) is 37.5 Å². The number of carboxylic acid groups (broad SMARTS) is 1. The lowest BCUT2D eigenvalue weighted by Crippen LogP contribution is -2.46. The van der Waals surface area contributed by atoms with Gasteiger partial charge in [-0.1, -0.05) is 11.6 Å². The predicted molar refractivity (Wildman–Crippen MR) is 91.4 cm³/mol. The maximum Gasteiger partial charge on any atom is 0.306 e. The zero-order valence-electron chi connectivity index (χ0n) is 12.7. The van der Waals surface area contributed by atoms with Crippen molar-refractivity contribution in [3.63, 3.8) is 0 Å². The van der Waals surface area contributed by atoms with Crippen molar-refractivity contribution in [1.82, 2.24) is 4.90 Å². The normalized spacial score (nSPS) is 22.9. The van der Waals surface area contributed by atoms with E-state index in [9.17, 15) is 9.59 Å². The zero-order valence-corrected chi connectivity index (χ0v) is 14.2. The SMILES string of the molecule is Cl.O=C(O)C1CCN(C2CCN(c3ccc(Cl)cc3)C2=O)CC1. The van der Waals surface area contributed by atoms with Crippen LogP contribution in [-0.2, 0) is 9.59 Å². The molecule has 0 spiro atoms. The Kier molecular flexibility index (Phi) is 5.89. The minimum Gasteiger partial charge on any atom is -0.481 e. The van der Waals surface area contributed by atoms with E-state index in [4.69, 9.17) is 16.7 Å². The van der Waals surface area contributed by atoms with Gasteiger partial charge in [0.1, 0.15) is 0 Å². The van der Waals surface area contributed by atoms with Crippen LogP contribution in [0.5, 0.6) is 0 Å². The lowest BCUT2D eigenvalue weighted by molar-refractivity contribution is -0.143. The molecule has 1 N–H and O–H groups in total. The first-order valence-corrected chi connectivity index (χ1v) is 7.98. The van der Waals surface area contributed by atoms with Crippen molar-refractivity contribution in [1.29, 1.82) is 0 Å². The lowest BCUT2D eigenvalue weighted by Gasteiger charge is -2.33. The van der Waals surface area contributed by atoms with Gasteiger partial charge in [0.15, 0.2) is 0 Å². The molecule has 2 saturated heterocycles. The summed E-state index contributed by atoms with van der Waals surface area (Å²) in [6.07, 6.45) is 2.04. The predicted octanol–water partition coefficient (Wildman–Crippen LogP) is 2.66. The topological polar surface area (TPSA) is 60.9 Å². The van der Waals surface area contributed by atoms with Gasteiger partial charge in [0, 0.05) is 17.3 Å². The van der Waals surface area contributed by atoms with Gasteiger partial charge in [0.2, 0.25) is 5.91 Å². The first-order chi connectivity index (χ1) is 10.6. The molecule has 1 amide bonds. The van der Waals surface area contributed by atoms with E-state index < -0.39 is 5.97 Å². The highest BCUT2D eigenvalue weighted by Gasteiger charge is 2.38. The summed E-state index contributed by atoms with van der Waals surface area (Å²) in [6, 6.07) is 7.18. The van der Waals surface area contributed by atoms with E-state index in [1.54, 1.807) is 17.0 Å². The van der Waals surface area contributed by atoms with Crippen molar-refractivity contribution in [2.75, 3.05) is 24.5 Å². The molecule has 0 aliphatic carbocycles. The fourth-order valence-corrected chi connectivity index (χ4v) is 3.47. The number of likely N-dealkylation sites (tertiary alicyclic amines) is 1. The number of amides is 1. The van der Waals surface area contributed by atoms with E-state index >= 15 is 0 Å². The van der Waals surface area contributed by atoms with Gasteiger partial charge in [0.05, 0.1) is 12.0 Å². The van der Waals surface area contributed by atoms with Crippen LogP contribution in [0.1, 0.15) is 19.3 Å². The Balaban J connectivity index is 0.00000192. The first-order valence-electron chi connectivity index (χ1n) is 7.60. The van der Waals surface area contributed by atoms with E-state index in [1.807, 2.05) is 12.1 Å². The van der Waals surface area contributed by atoms with Gasteiger partial charge in [-0.05, 0) is 56.6 Å². The number of aliphatic carboxylic acids is 1. The van der Waals surface area contributed by atoms with Crippen LogP contribution in [0.2, 0.25) is 5.02 Å². The molecule has 1 aromatic carbocycles. The van der Waals surface area contributed by atoms with Crippen LogP contribution in [0.3, 0.4) is 0 Å². The number of carbonyl (C=O) groups is 2. The zero-order chi connectivity index (χ0) is 15.7. The second kappa shape index (κ2) is 7.51. The highest BCUT2D eigenvalue weighted by molar-refractivity contribution is 6.30. The molecule has 0 radical (unpaired) electrons. The van der Waals surface area contributed by atoms with E-state index in [1.165, 1.54) is 0 Å². The summed E-state index contributed by atoms with van der Waals surface area (Å²) in [5, 5.41) is 9.71. The molecule has 0 aromatic heterocycles. The molecular formula is C16H20Cl2N2O3. The number of benzene rings is 1. The summed E-state index contributed by atoms with van der Waals surface area (Å²) >= 11 is 5.88. The van der Waals surface area contributed by atoms with Gasteiger partial charge in [-0.25, -0.2) is 0 Å². The van der Waals surface area contributed by atoms with Gasteiger partial charge in [-0.15, -0.1) is 12.4 Å². The van der Waals surface area contributed by atoms with Crippen LogP contribution in [0.4, 0.5) is 5.69 Å². The summed E-state index contributed by atoms with van der Waals surface area (Å²) in [6.45, 7) is 2.06. The van der Waals surface area contributed by atoms with Crippen LogP contribution in [-0.4, -0.2) is 47.6 Å². The molecule has 0 bridgehead atoms. The second-order valence-electron chi connectivity index (χ2n) is 5.92. The van der Waals surface area contributed by atoms with Gasteiger partial charge in [-0.3, -0.25) is 14.5 Å². The van der Waals surface area contributed by atoms with Crippen molar-refractivity contribution in [2.45, 2.75) is 25.3 Å². The molecule has 23 heavy (non-hydrogen) atoms. The maximum atomic E-state index is 12.6. The molecule has 2 heterocycles. The summed E-state index contributed by atoms with van der Waals surface area (Å²) in [5.74, 6) is -0.878. The van der Waals surface area contributed by atoms with Crippen molar-refractivity contribution in [3.05, 3.63) is 29.3 Å². The van der Waals surface area contributed by atoms with Crippen LogP contribution in [0, 0.1) is 5.92 Å². The molecule has 126 valence electrons. The van der Waals surface area contributed by atoms with Gasteiger partial charge in [0.25, 0.3) is 0 Å². The number of hydrogen-bond donors (Lipinski definition) is 1. The first kappa shape index (κ1) is 18.0. The molecule has 7 heteroatoms. The third-order valence-electron chi connectivity index (χ3n) is 4.64. The number of anilines is 1. The molecule has 2 aliphatic heterocycles. The van der Waals surface area contributed by atoms with E-state index in [0.717, 1.165) is 12.1 Å². The molecule has 0 saturated carbocycles. The quantitative estimate of drug-likeness (QED) is 0.902. The number of carboxylic acids is 1. The maximum absolute atomic E-state index is 12.6. The van der Waals surface area contributed by atoms with Crippen molar-refractivity contribution >= 4 is 41.6 Å². The van der Waals surface area contributed by atoms with Gasteiger partial charge in [-0.2, -0.15) is 0 Å². The Labute approximate surface area is 146 Å². The second-order valence-corrected chi connectivity index (χ2v) is 6.36. The number of hydrogen-bond acceptors (Lipinski definition) is 3. The average Bonchev–Trinajstić information content (AvgIpc) is 2.90. The lowest BCUT2D eigenvalue weighted by atomic mass is 9.96. The molecule has 1 atom stereocenters. The molecule has 1 unspecified atom stereocenters. The van der Waals surface area contributed by atoms with Crippen LogP contribution in [0.25, 0.3) is 0 Å². The molecule has 2 aliphatic rings. The third-order valence-corrected chi connectivity index (χ3v) is 4.89. The van der Waals surface area contributed by atoms with Crippen molar-refractivity contribution in [3.8, 4) is 0 Å². The minimum absolute atomic E-state index is 0. The number of rotatable bonds is 3. The van der Waals surface area contributed by atoms with E-state index in [2.05, 4.69) is 4.90 Å². The largest absolute Gasteiger partial charge is 0.481 e. The summed E-state index contributed by atoms with van der Waals surface area (Å²) in [4.78, 5) is 27.6. The number of carbonyl (C=O) groups excluding carboxylic acids is 1. The summed E-state index contributed by atoms with van der Waals surface area (Å²) < 4.78 is 0. The third kappa shape index (κ3) is 3.79.